The lowest BCUT2D eigenvalue weighted by Crippen LogP contribution is -2.75. The number of aliphatic carboxylic acids is 3. The van der Waals surface area contributed by atoms with Crippen molar-refractivity contribution in [3.63, 3.8) is 0 Å². The number of amides is 4. The van der Waals surface area contributed by atoms with Crippen molar-refractivity contribution in [3.8, 4) is 0 Å². The molecule has 0 aromatic rings. The number of nitrogens with zero attached hydrogens (tertiary/aromatic N) is 6. The van der Waals surface area contributed by atoms with E-state index in [2.05, 4.69) is 16.0 Å². The van der Waals surface area contributed by atoms with Crippen molar-refractivity contribution < 1.29 is 162 Å². The Hall–Kier alpha value is -5.39. The predicted octanol–water partition coefficient (Wildman–Crippen LogP) is -2.00. The molecule has 3 fully saturated rings. The number of ether oxygens (including phenoxy) is 2. The molecule has 45 heteroatoms. The molecule has 0 saturated carbocycles. The van der Waals surface area contributed by atoms with Gasteiger partial charge in [-0.3, -0.25) is 53.2 Å². The summed E-state index contributed by atoms with van der Waals surface area (Å²) in [6.07, 6.45) is -18.6. The molecule has 0 aromatic carbocycles. The van der Waals surface area contributed by atoms with Crippen LogP contribution in [0.1, 0.15) is 26.2 Å². The largest absolute Gasteiger partial charge is 0.480 e. The number of carbonyl (C=O) groups excluding carboxylic acids is 4. The Balaban J connectivity index is 1.76. The third-order valence-corrected chi connectivity index (χ3v) is 16.3. The minimum Gasteiger partial charge on any atom is -0.480 e. The normalized spacial score (nSPS) is 23.0. The first-order chi connectivity index (χ1) is 41.1. The summed E-state index contributed by atoms with van der Waals surface area (Å²) in [6, 6.07) is -2.95. The molecule has 0 bridgehead atoms. The van der Waals surface area contributed by atoms with Crippen LogP contribution in [0.3, 0.4) is 0 Å². The van der Waals surface area contributed by atoms with Crippen LogP contribution in [-0.2, 0) is 53.1 Å². The molecule has 7 atom stereocenters. The fraction of sp³-hybridized carbons (Fsp3) is 0.844. The molecule has 3 saturated heterocycles. The molecule has 3 heterocycles. The Labute approximate surface area is 497 Å². The molecule has 10 N–H and O–H groups in total. The van der Waals surface area contributed by atoms with E-state index in [0.29, 0.717) is 4.90 Å². The number of nitrogens with one attached hydrogen (secondary N) is 3. The van der Waals surface area contributed by atoms with E-state index in [-0.39, 0.29) is 71.7 Å². The van der Waals surface area contributed by atoms with Crippen LogP contribution in [-0.4, -0.2) is 329 Å². The van der Waals surface area contributed by atoms with Crippen molar-refractivity contribution in [1.29, 1.82) is 0 Å². The second kappa shape index (κ2) is 31.0. The summed E-state index contributed by atoms with van der Waals surface area (Å²) in [5.41, 5.74) is 0. The van der Waals surface area contributed by atoms with E-state index < -0.39 is 218 Å². The smallest absolute Gasteiger partial charge is 0.460 e. The van der Waals surface area contributed by atoms with Crippen LogP contribution in [0.15, 0.2) is 0 Å². The molecule has 0 aromatic heterocycles. The first-order valence-electron chi connectivity index (χ1n) is 26.4. The number of hydrogen-bond donors (Lipinski definition) is 10. The van der Waals surface area contributed by atoms with Crippen LogP contribution in [0, 0.1) is 0 Å². The number of sulfonamides is 1. The lowest BCUT2D eigenvalue weighted by atomic mass is 9.91. The summed E-state index contributed by atoms with van der Waals surface area (Å²) in [4.78, 5) is 94.5. The Morgan fingerprint density at radius 2 is 1.00 bits per heavy atom. The third kappa shape index (κ3) is 18.0. The van der Waals surface area contributed by atoms with E-state index >= 15 is 8.78 Å². The highest BCUT2D eigenvalue weighted by Gasteiger charge is 2.96. The van der Waals surface area contributed by atoms with Gasteiger partial charge in [-0.05, 0) is 26.2 Å². The number of halogens is 17. The minimum atomic E-state index is -9.07. The zero-order valence-electron chi connectivity index (χ0n) is 46.7. The van der Waals surface area contributed by atoms with Gasteiger partial charge in [-0.2, -0.15) is 78.9 Å². The van der Waals surface area contributed by atoms with E-state index in [1.807, 2.05) is 0 Å². The lowest BCUT2D eigenvalue weighted by Gasteiger charge is -2.43. The Morgan fingerprint density at radius 1 is 0.567 bits per heavy atom. The first kappa shape index (κ1) is 78.9. The van der Waals surface area contributed by atoms with Gasteiger partial charge in [-0.15, -0.1) is 0 Å². The maximum absolute atomic E-state index is 15.1. The number of piperazine rings is 1. The number of carbonyl (C=O) groups is 7. The van der Waals surface area contributed by atoms with E-state index in [9.17, 15) is 144 Å². The number of hydrogen-bond acceptors (Lipinski definition) is 19. The van der Waals surface area contributed by atoms with Crippen molar-refractivity contribution in [1.82, 2.24) is 44.8 Å². The zero-order chi connectivity index (χ0) is 69.1. The number of unbranched alkanes of at least 4 members (excludes halogenated alkanes) is 1. The summed E-state index contributed by atoms with van der Waals surface area (Å²) >= 11 is 0. The molecule has 3 rings (SSSR count). The number of carboxylic acid groups (broad SMARTS) is 3. The van der Waals surface area contributed by atoms with Gasteiger partial charge < -0.3 is 66.1 Å². The topological polar surface area (TPSA) is 369 Å². The van der Waals surface area contributed by atoms with E-state index in [1.54, 1.807) is 4.90 Å². The first-order valence-corrected chi connectivity index (χ1v) is 27.9. The van der Waals surface area contributed by atoms with E-state index in [1.165, 1.54) is 21.6 Å². The highest BCUT2D eigenvalue weighted by atomic mass is 32.2. The molecule has 90 heavy (non-hydrogen) atoms. The number of aliphatic hydroxyl groups excluding tert-OH is 4. The average molecular weight is 1370 g/mol. The summed E-state index contributed by atoms with van der Waals surface area (Å²) in [5.74, 6) is -60.9. The van der Waals surface area contributed by atoms with Gasteiger partial charge in [-0.25, -0.2) is 8.42 Å². The summed E-state index contributed by atoms with van der Waals surface area (Å²) in [5, 5.41) is 67.1. The van der Waals surface area contributed by atoms with Crippen LogP contribution in [0.5, 0.6) is 0 Å². The molecule has 522 valence electrons. The van der Waals surface area contributed by atoms with Crippen molar-refractivity contribution in [2.75, 3.05) is 124 Å². The van der Waals surface area contributed by atoms with Gasteiger partial charge in [0.15, 0.2) is 6.29 Å². The van der Waals surface area contributed by atoms with Gasteiger partial charge in [0.2, 0.25) is 23.6 Å². The van der Waals surface area contributed by atoms with Gasteiger partial charge in [0.05, 0.1) is 38.8 Å². The molecular weight excluding hydrogens is 1310 g/mol. The standard InChI is InChI=1S/C45H64F17N9O18S/c1-24(69-12-10-67(20-30(77)78)8-6-66(19-29(75)76)7-9-68(11-13-69)21-31(79)80)35(84)64-18-27(73)63-5-3-2-4-25(65-28(74)23-88-37-34(83)33(82)32(81)26(22-72)89-37)36(85)70-14-16-71(17-15-70)90(86,87)45(61,62)43(56,57)41(52,53)39(48,49)38(46,47)40(50,51)42(54,55)44(58,59)60/h24-26,32-34,37,72,81-83H,2-23H2,1H3,(H,63,73)(H,64,84)(H,65,74)(H,75,76)(H,77,78)(H,79,80)/t24?,25-,26+,32+,33-,34-,37-/m0/s1. The average Bonchev–Trinajstić information content (AvgIpc) is 0.692. The maximum atomic E-state index is 15.1. The third-order valence-electron chi connectivity index (χ3n) is 14.3. The van der Waals surface area contributed by atoms with Gasteiger partial charge in [0, 0.05) is 85.1 Å². The molecule has 0 spiro atoms. The lowest BCUT2D eigenvalue weighted by molar-refractivity contribution is -0.458. The van der Waals surface area contributed by atoms with Crippen LogP contribution in [0.4, 0.5) is 74.6 Å². The fourth-order valence-corrected chi connectivity index (χ4v) is 10.4. The molecule has 3 aliphatic heterocycles. The Morgan fingerprint density at radius 3 is 1.43 bits per heavy atom. The quantitative estimate of drug-likeness (QED) is 0.0286. The predicted molar refractivity (Wildman–Crippen MR) is 263 cm³/mol. The Bertz CT molecular complexity index is 2570. The molecular formula is C45H64F17N9O18S. The van der Waals surface area contributed by atoms with Crippen LogP contribution in [0.2, 0.25) is 0 Å². The highest BCUT2D eigenvalue weighted by molar-refractivity contribution is 7.90. The fourth-order valence-electron chi connectivity index (χ4n) is 8.93. The maximum Gasteiger partial charge on any atom is 0.460 e. The minimum absolute atomic E-state index is 0.0132. The van der Waals surface area contributed by atoms with Crippen LogP contribution in [0.25, 0.3) is 0 Å². The molecule has 0 radical (unpaired) electrons. The molecule has 1 unspecified atom stereocenters. The van der Waals surface area contributed by atoms with Crippen molar-refractivity contribution in [2.45, 2.75) is 116 Å². The zero-order valence-corrected chi connectivity index (χ0v) is 47.6. The van der Waals surface area contributed by atoms with Crippen molar-refractivity contribution in [3.05, 3.63) is 0 Å². The molecule has 27 nitrogen and oxygen atoms in total. The van der Waals surface area contributed by atoms with Gasteiger partial charge in [0.25, 0.3) is 10.0 Å². The number of alkyl halides is 17. The molecule has 0 aliphatic carbocycles. The van der Waals surface area contributed by atoms with Crippen molar-refractivity contribution >= 4 is 51.6 Å². The summed E-state index contributed by atoms with van der Waals surface area (Å²) in [6.45, 7) is -8.98. The SMILES string of the molecule is CC(C(=O)NCC(=O)NCCCC[C@H](NC(=O)CO[C@H]1O[C@H](CO)[C@@H](O)[C@H](O)[C@@H]1O)C(=O)N1CCN(S(=O)(=O)C(F)(F)C(F)(F)C(F)(F)C(F)(F)C(F)(F)C(F)(F)C(F)(F)C(F)(F)F)CC1)N1CCN(CC(=O)O)CCN(CC(=O)O)CCN(CC(=O)O)CC1. The molecule has 3 aliphatic rings. The molecule has 4 amide bonds. The van der Waals surface area contributed by atoms with E-state index in [0.717, 1.165) is 0 Å². The summed E-state index contributed by atoms with van der Waals surface area (Å²) < 4.78 is 272. The summed E-state index contributed by atoms with van der Waals surface area (Å²) in [7, 11) is -7.73. The van der Waals surface area contributed by atoms with E-state index in [4.69, 9.17) is 9.47 Å². The second-order valence-corrected chi connectivity index (χ2v) is 22.6. The monoisotopic (exact) mass is 1370 g/mol. The highest BCUT2D eigenvalue weighted by Crippen LogP contribution is 2.64. The van der Waals surface area contributed by atoms with Gasteiger partial charge in [-0.1, -0.05) is 0 Å². The Kier molecular flexibility index (Phi) is 27.2. The number of aliphatic hydroxyl groups is 4. The van der Waals surface area contributed by atoms with Gasteiger partial charge in [0.1, 0.15) is 37.1 Å². The van der Waals surface area contributed by atoms with Gasteiger partial charge >= 0.3 is 64.9 Å². The van der Waals surface area contributed by atoms with Crippen molar-refractivity contribution in [2.24, 2.45) is 0 Å². The number of carboxylic acids is 3. The number of rotatable bonds is 29. The van der Waals surface area contributed by atoms with Crippen LogP contribution >= 0.6 is 0 Å². The van der Waals surface area contributed by atoms with Crippen LogP contribution < -0.4 is 16.0 Å². The second-order valence-electron chi connectivity index (χ2n) is 20.6.